The normalized spacial score (nSPS) is 6.14. The molecule has 0 nitrogen and oxygen atoms in total. The molecule has 0 spiro atoms. The quantitative estimate of drug-likeness (QED) is 0.472. The lowest BCUT2D eigenvalue weighted by Gasteiger charge is -1.60. The van der Waals surface area contributed by atoms with Crippen molar-refractivity contribution in [2.45, 2.75) is 0 Å². The van der Waals surface area contributed by atoms with E-state index in [-0.39, 0.29) is 4.49 Å². The fourth-order valence-corrected chi connectivity index (χ4v) is 0.245. The Kier molecular flexibility index (Phi) is 4.44. The second-order valence-electron chi connectivity index (χ2n) is 0.639. The maximum Gasteiger partial charge on any atom is 0.156 e. The van der Waals surface area contributed by atoms with Gasteiger partial charge in [0.05, 0.1) is 5.54 Å². The van der Waals surface area contributed by atoms with E-state index in [0.717, 1.165) is 5.54 Å². The van der Waals surface area contributed by atoms with E-state index >= 15 is 0 Å². The van der Waals surface area contributed by atoms with Crippen molar-refractivity contribution in [2.75, 3.05) is 0 Å². The Bertz CT molecular complexity index is 131. The van der Waals surface area contributed by atoms with Crippen molar-refractivity contribution in [3.63, 3.8) is 0 Å². The first-order valence-electron chi connectivity index (χ1n) is 1.38. The second kappa shape index (κ2) is 4.33. The summed E-state index contributed by atoms with van der Waals surface area (Å²) in [5.74, 6) is 0. The van der Waals surface area contributed by atoms with Crippen LogP contribution >= 0.6 is 34.8 Å². The van der Waals surface area contributed by atoms with Crippen LogP contribution in [0.15, 0.2) is 21.5 Å². The minimum absolute atomic E-state index is 0.0249. The van der Waals surface area contributed by atoms with E-state index in [9.17, 15) is 0 Å². The Morgan fingerprint density at radius 3 is 2.14 bits per heavy atom. The van der Waals surface area contributed by atoms with Crippen LogP contribution in [0.4, 0.5) is 0 Å². The molecule has 0 aliphatic carbocycles. The molecular weight excluding hydrogens is 154 g/mol. The average Bonchev–Trinajstić information content (AvgIpc) is 1.61. The van der Waals surface area contributed by atoms with Gasteiger partial charge in [0.2, 0.25) is 0 Å². The first kappa shape index (κ1) is 7.17. The average molecular weight is 155 g/mol. The number of rotatable bonds is 0. The summed E-state index contributed by atoms with van der Waals surface area (Å²) in [6.45, 7) is 0. The molecule has 0 heterocycles. The summed E-state index contributed by atoms with van der Waals surface area (Å²) >= 11 is 15.2. The molecule has 0 rings (SSSR count). The van der Waals surface area contributed by atoms with Gasteiger partial charge in [0.15, 0.2) is 4.49 Å². The lowest BCUT2D eigenvalue weighted by Crippen LogP contribution is -1.34. The molecule has 0 radical (unpaired) electrons. The molecule has 3 heteroatoms. The van der Waals surface area contributed by atoms with Crippen molar-refractivity contribution in [1.82, 2.24) is 0 Å². The van der Waals surface area contributed by atoms with Gasteiger partial charge >= 0.3 is 0 Å². The topological polar surface area (TPSA) is 0 Å². The summed E-state index contributed by atoms with van der Waals surface area (Å²) in [7, 11) is 0. The molecule has 38 valence electrons. The highest BCUT2D eigenvalue weighted by atomic mass is 35.5. The molecule has 0 N–H and O–H groups in total. The summed E-state index contributed by atoms with van der Waals surface area (Å²) in [5, 5.41) is 0. The van der Waals surface area contributed by atoms with Gasteiger partial charge in [0.25, 0.3) is 0 Å². The third-order valence-corrected chi connectivity index (χ3v) is 0.519. The summed E-state index contributed by atoms with van der Waals surface area (Å²) < 4.78 is 0.0249. The maximum atomic E-state index is 5.09. The van der Waals surface area contributed by atoms with Crippen LogP contribution in [0, 0.1) is 0 Å². The highest BCUT2D eigenvalue weighted by Gasteiger charge is 1.68. The molecule has 0 fully saturated rings. The Balaban J connectivity index is 4.16. The van der Waals surface area contributed by atoms with Crippen LogP contribution in [-0.4, -0.2) is 0 Å². The zero-order chi connectivity index (χ0) is 5.70. The first-order valence-corrected chi connectivity index (χ1v) is 2.58. The summed E-state index contributed by atoms with van der Waals surface area (Å²) in [4.78, 5) is 0. The predicted octanol–water partition coefficient (Wildman–Crippen LogP) is 2.81. The standard InChI is InChI=1S/C4HCl3/c5-3-1-2-4(6)7/h3H. The van der Waals surface area contributed by atoms with Crippen molar-refractivity contribution in [3.8, 4) is 0 Å². The molecule has 0 aromatic rings. The van der Waals surface area contributed by atoms with E-state index in [1.807, 2.05) is 0 Å². The van der Waals surface area contributed by atoms with Crippen molar-refractivity contribution < 1.29 is 0 Å². The lowest BCUT2D eigenvalue weighted by molar-refractivity contribution is 2.22. The fourth-order valence-electron chi connectivity index (χ4n) is 0.0818. The van der Waals surface area contributed by atoms with E-state index in [1.54, 1.807) is 0 Å². The molecule has 0 aliphatic heterocycles. The van der Waals surface area contributed by atoms with Crippen molar-refractivity contribution in [3.05, 3.63) is 21.5 Å². The Morgan fingerprint density at radius 2 is 2.00 bits per heavy atom. The molecule has 0 aromatic heterocycles. The van der Waals surface area contributed by atoms with Gasteiger partial charge in [-0.3, -0.25) is 0 Å². The van der Waals surface area contributed by atoms with Crippen LogP contribution in [-0.2, 0) is 0 Å². The maximum absolute atomic E-state index is 5.09. The fraction of sp³-hybridized carbons (Fsp3) is 0. The third kappa shape index (κ3) is 6.17. The van der Waals surface area contributed by atoms with Crippen LogP contribution in [0.2, 0.25) is 0 Å². The SMILES string of the molecule is ClC=C=C=C(Cl)Cl. The predicted molar refractivity (Wildman–Crippen MR) is 32.7 cm³/mol. The van der Waals surface area contributed by atoms with Crippen LogP contribution in [0.1, 0.15) is 0 Å². The van der Waals surface area contributed by atoms with Gasteiger partial charge in [-0.2, -0.15) is 0 Å². The van der Waals surface area contributed by atoms with Crippen LogP contribution in [0.3, 0.4) is 0 Å². The van der Waals surface area contributed by atoms with Gasteiger partial charge < -0.3 is 0 Å². The van der Waals surface area contributed by atoms with Crippen molar-refractivity contribution in [2.24, 2.45) is 0 Å². The summed E-state index contributed by atoms with van der Waals surface area (Å²) in [5.41, 5.74) is 5.79. The molecule has 0 amide bonds. The molecule has 0 aliphatic rings. The van der Waals surface area contributed by atoms with Gasteiger partial charge in [0, 0.05) is 0 Å². The monoisotopic (exact) mass is 154 g/mol. The summed E-state index contributed by atoms with van der Waals surface area (Å²) in [6, 6.07) is 0. The van der Waals surface area contributed by atoms with E-state index in [0.29, 0.717) is 0 Å². The van der Waals surface area contributed by atoms with Crippen LogP contribution in [0.5, 0.6) is 0 Å². The van der Waals surface area contributed by atoms with E-state index < -0.39 is 0 Å². The van der Waals surface area contributed by atoms with Crippen molar-refractivity contribution in [1.29, 1.82) is 0 Å². The van der Waals surface area contributed by atoms with Gasteiger partial charge in [-0.05, 0) is 5.73 Å². The molecular formula is C4HCl3. The van der Waals surface area contributed by atoms with Crippen LogP contribution < -0.4 is 0 Å². The van der Waals surface area contributed by atoms with Gasteiger partial charge in [-0.15, -0.1) is 0 Å². The van der Waals surface area contributed by atoms with E-state index in [4.69, 9.17) is 34.8 Å². The summed E-state index contributed by atoms with van der Waals surface area (Å²) in [6.07, 6.45) is 0. The van der Waals surface area contributed by atoms with Gasteiger partial charge in [0.1, 0.15) is 0 Å². The van der Waals surface area contributed by atoms with Gasteiger partial charge in [-0.1, -0.05) is 40.5 Å². The van der Waals surface area contributed by atoms with Gasteiger partial charge in [-0.25, -0.2) is 0 Å². The lowest BCUT2D eigenvalue weighted by atomic mass is 10.9. The zero-order valence-electron chi connectivity index (χ0n) is 3.21. The molecule has 0 aromatic carbocycles. The molecule has 7 heavy (non-hydrogen) atoms. The van der Waals surface area contributed by atoms with E-state index in [2.05, 4.69) is 11.5 Å². The molecule has 0 bridgehead atoms. The Labute approximate surface area is 56.7 Å². The van der Waals surface area contributed by atoms with Crippen LogP contribution in [0.25, 0.3) is 0 Å². The minimum atomic E-state index is 0.0249. The first-order chi connectivity index (χ1) is 3.27. The number of hydrogen-bond donors (Lipinski definition) is 0. The molecule has 0 saturated carbocycles. The van der Waals surface area contributed by atoms with E-state index in [1.165, 1.54) is 0 Å². The molecule has 0 unspecified atom stereocenters. The number of hydrogen-bond acceptors (Lipinski definition) is 0. The Hall–Kier alpha value is 0.170. The minimum Gasteiger partial charge on any atom is -0.0831 e. The largest absolute Gasteiger partial charge is 0.156 e. The zero-order valence-corrected chi connectivity index (χ0v) is 5.48. The number of halogens is 3. The smallest absolute Gasteiger partial charge is 0.0831 e. The van der Waals surface area contributed by atoms with Crippen molar-refractivity contribution >= 4 is 34.8 Å². The second-order valence-corrected chi connectivity index (χ2v) is 1.81. The molecule has 0 atom stereocenters. The highest BCUT2D eigenvalue weighted by molar-refractivity contribution is 6.55. The highest BCUT2D eigenvalue weighted by Crippen LogP contribution is 2.01. The molecule has 0 saturated heterocycles. The third-order valence-electron chi connectivity index (χ3n) is 0.221. The Morgan fingerprint density at radius 1 is 1.43 bits per heavy atom.